The smallest absolute Gasteiger partial charge is 0.315 e. The van der Waals surface area contributed by atoms with Gasteiger partial charge in [-0.3, -0.25) is 0 Å². The third-order valence-corrected chi connectivity index (χ3v) is 4.91. The summed E-state index contributed by atoms with van der Waals surface area (Å²) in [4.78, 5) is 16.5. The number of ether oxygens (including phenoxy) is 2. The van der Waals surface area contributed by atoms with E-state index in [2.05, 4.69) is 15.6 Å². The first-order valence-electron chi connectivity index (χ1n) is 8.66. The molecule has 138 valence electrons. The van der Waals surface area contributed by atoms with Gasteiger partial charge in [-0.05, 0) is 12.5 Å². The number of nitrogens with zero attached hydrogens (tertiary/aromatic N) is 2. The second kappa shape index (κ2) is 7.06. The number of rotatable bonds is 4. The first kappa shape index (κ1) is 17.0. The number of carbonyl (C=O) groups is 1. The molecule has 2 aliphatic heterocycles. The lowest BCUT2D eigenvalue weighted by molar-refractivity contribution is -0.164. The molecule has 2 fully saturated rings. The molecule has 26 heavy (non-hydrogen) atoms. The van der Waals surface area contributed by atoms with Crippen molar-refractivity contribution < 1.29 is 19.4 Å². The van der Waals surface area contributed by atoms with Crippen molar-refractivity contribution in [2.75, 3.05) is 6.61 Å². The molecule has 1 aromatic carbocycles. The normalized spacial score (nSPS) is 30.2. The first-order chi connectivity index (χ1) is 12.6. The van der Waals surface area contributed by atoms with Gasteiger partial charge in [0.25, 0.3) is 0 Å². The van der Waals surface area contributed by atoms with Crippen molar-refractivity contribution in [3.05, 3.63) is 54.1 Å². The van der Waals surface area contributed by atoms with Crippen LogP contribution in [0.1, 0.15) is 17.4 Å². The van der Waals surface area contributed by atoms with Gasteiger partial charge in [0.1, 0.15) is 24.1 Å². The van der Waals surface area contributed by atoms with E-state index in [0.29, 0.717) is 13.2 Å². The fourth-order valence-corrected chi connectivity index (χ4v) is 3.56. The van der Waals surface area contributed by atoms with Crippen LogP contribution in [0, 0.1) is 6.92 Å². The second-order valence-electron chi connectivity index (χ2n) is 6.58. The molecule has 5 unspecified atom stereocenters. The van der Waals surface area contributed by atoms with Gasteiger partial charge in [-0.1, -0.05) is 30.3 Å². The average molecular weight is 358 g/mol. The summed E-state index contributed by atoms with van der Waals surface area (Å²) in [6, 6.07) is 8.25. The number of aliphatic hydroxyl groups excluding tert-OH is 1. The monoisotopic (exact) mass is 358 g/mol. The Morgan fingerprint density at radius 1 is 1.38 bits per heavy atom. The second-order valence-corrected chi connectivity index (χ2v) is 6.58. The lowest BCUT2D eigenvalue weighted by Gasteiger charge is -2.39. The van der Waals surface area contributed by atoms with Gasteiger partial charge in [-0.15, -0.1) is 0 Å². The van der Waals surface area contributed by atoms with Crippen LogP contribution in [0.15, 0.2) is 42.7 Å². The van der Waals surface area contributed by atoms with E-state index in [1.807, 2.05) is 41.8 Å². The van der Waals surface area contributed by atoms with E-state index in [4.69, 9.17) is 9.47 Å². The zero-order valence-corrected chi connectivity index (χ0v) is 14.4. The highest BCUT2D eigenvalue weighted by Crippen LogP contribution is 2.36. The van der Waals surface area contributed by atoms with E-state index < -0.39 is 24.5 Å². The van der Waals surface area contributed by atoms with Gasteiger partial charge in [0, 0.05) is 18.9 Å². The number of urea groups is 1. The fourth-order valence-electron chi connectivity index (χ4n) is 3.56. The summed E-state index contributed by atoms with van der Waals surface area (Å²) < 4.78 is 13.4. The number of fused-ring (bicyclic) bond motifs is 2. The zero-order chi connectivity index (χ0) is 18.1. The van der Waals surface area contributed by atoms with Crippen molar-refractivity contribution in [1.82, 2.24) is 20.2 Å². The van der Waals surface area contributed by atoms with Crippen molar-refractivity contribution >= 4 is 6.03 Å². The molecule has 0 saturated carbocycles. The van der Waals surface area contributed by atoms with Crippen LogP contribution in [0.2, 0.25) is 0 Å². The fraction of sp³-hybridized carbons (Fsp3) is 0.444. The lowest BCUT2D eigenvalue weighted by Crippen LogP contribution is -2.60. The van der Waals surface area contributed by atoms with Crippen molar-refractivity contribution in [1.29, 1.82) is 0 Å². The minimum atomic E-state index is -0.850. The number of aromatic nitrogens is 2. The Balaban J connectivity index is 1.44. The number of carbonyl (C=O) groups excluding carboxylic acids is 1. The largest absolute Gasteiger partial charge is 0.388 e. The van der Waals surface area contributed by atoms with E-state index in [0.717, 1.165) is 11.4 Å². The Hall–Kier alpha value is -2.42. The molecule has 3 heterocycles. The molecule has 2 aromatic rings. The predicted octanol–water partition coefficient (Wildman–Crippen LogP) is 0.717. The number of hydrogen-bond acceptors (Lipinski definition) is 5. The van der Waals surface area contributed by atoms with Gasteiger partial charge in [-0.2, -0.15) is 0 Å². The maximum atomic E-state index is 12.3. The van der Waals surface area contributed by atoms with Crippen LogP contribution in [-0.2, 0) is 16.0 Å². The summed E-state index contributed by atoms with van der Waals surface area (Å²) >= 11 is 0. The highest BCUT2D eigenvalue weighted by Gasteiger charge is 2.51. The van der Waals surface area contributed by atoms with Crippen molar-refractivity contribution in [2.24, 2.45) is 0 Å². The number of benzene rings is 1. The molecule has 4 rings (SSSR count). The quantitative estimate of drug-likeness (QED) is 0.748. The third kappa shape index (κ3) is 3.18. The molecule has 5 atom stereocenters. The summed E-state index contributed by atoms with van der Waals surface area (Å²) in [7, 11) is 0. The van der Waals surface area contributed by atoms with E-state index in [1.165, 1.54) is 0 Å². The molecule has 2 saturated heterocycles. The minimum absolute atomic E-state index is 0.329. The molecule has 1 aromatic heterocycles. The van der Waals surface area contributed by atoms with Gasteiger partial charge < -0.3 is 29.8 Å². The molecule has 2 bridgehead atoms. The number of aryl methyl sites for hydroxylation is 1. The maximum Gasteiger partial charge on any atom is 0.315 e. The van der Waals surface area contributed by atoms with Crippen molar-refractivity contribution in [2.45, 2.75) is 44.1 Å². The molecule has 8 heteroatoms. The van der Waals surface area contributed by atoms with E-state index >= 15 is 0 Å². The van der Waals surface area contributed by atoms with Crippen molar-refractivity contribution in [3.63, 3.8) is 0 Å². The Morgan fingerprint density at radius 2 is 2.19 bits per heavy atom. The number of imidazole rings is 1. The SMILES string of the molecule is Cc1nccn1C1C2OCC(O2)C(NC(=O)NCc2ccccc2)C1O. The lowest BCUT2D eigenvalue weighted by atomic mass is 9.96. The highest BCUT2D eigenvalue weighted by molar-refractivity contribution is 5.74. The standard InChI is InChI=1S/C18H22N4O4/c1-11-19-7-8-22(11)15-16(23)14(13-10-25-17(15)26-13)21-18(24)20-9-12-5-3-2-4-6-12/h2-8,13-17,23H,9-10H2,1H3,(H2,20,21,24). The van der Waals surface area contributed by atoms with Crippen LogP contribution in [0.4, 0.5) is 4.79 Å². The molecule has 0 spiro atoms. The molecule has 8 nitrogen and oxygen atoms in total. The van der Waals surface area contributed by atoms with Crippen LogP contribution in [0.25, 0.3) is 0 Å². The number of aliphatic hydroxyl groups is 1. The maximum absolute atomic E-state index is 12.3. The number of amides is 2. The molecule has 0 radical (unpaired) electrons. The Kier molecular flexibility index (Phi) is 4.62. The summed E-state index contributed by atoms with van der Waals surface area (Å²) in [5.41, 5.74) is 0.999. The average Bonchev–Trinajstić information content (AvgIpc) is 3.26. The van der Waals surface area contributed by atoms with E-state index in [9.17, 15) is 9.90 Å². The molecule has 0 aliphatic carbocycles. The van der Waals surface area contributed by atoms with E-state index in [-0.39, 0.29) is 12.1 Å². The van der Waals surface area contributed by atoms with Crippen LogP contribution < -0.4 is 10.6 Å². The van der Waals surface area contributed by atoms with Crippen LogP contribution >= 0.6 is 0 Å². The number of nitrogens with one attached hydrogen (secondary N) is 2. The molecule has 2 aliphatic rings. The summed E-state index contributed by atoms with van der Waals surface area (Å²) in [6.45, 7) is 2.59. The minimum Gasteiger partial charge on any atom is -0.388 e. The van der Waals surface area contributed by atoms with E-state index in [1.54, 1.807) is 12.4 Å². The van der Waals surface area contributed by atoms with Crippen molar-refractivity contribution in [3.8, 4) is 0 Å². The predicted molar refractivity (Wildman–Crippen MR) is 92.2 cm³/mol. The van der Waals surface area contributed by atoms with Gasteiger partial charge in [0.15, 0.2) is 6.29 Å². The molecule has 2 amide bonds. The van der Waals surface area contributed by atoms with Gasteiger partial charge in [-0.25, -0.2) is 9.78 Å². The third-order valence-electron chi connectivity index (χ3n) is 4.91. The summed E-state index contributed by atoms with van der Waals surface area (Å²) in [5, 5.41) is 16.5. The van der Waals surface area contributed by atoms with Crippen LogP contribution in [-0.4, -0.2) is 51.8 Å². The van der Waals surface area contributed by atoms with Crippen LogP contribution in [0.5, 0.6) is 0 Å². The Morgan fingerprint density at radius 3 is 2.92 bits per heavy atom. The van der Waals surface area contributed by atoms with Gasteiger partial charge >= 0.3 is 6.03 Å². The highest BCUT2D eigenvalue weighted by atomic mass is 16.7. The summed E-state index contributed by atoms with van der Waals surface area (Å²) in [5.74, 6) is 0.749. The molecule has 3 N–H and O–H groups in total. The molecular formula is C18H22N4O4. The van der Waals surface area contributed by atoms with Gasteiger partial charge in [0.05, 0.1) is 12.6 Å². The summed E-state index contributed by atoms with van der Waals surface area (Å²) in [6.07, 6.45) is 1.67. The zero-order valence-electron chi connectivity index (χ0n) is 14.4. The Bertz CT molecular complexity index is 766. The molecular weight excluding hydrogens is 336 g/mol. The number of hydrogen-bond donors (Lipinski definition) is 3. The van der Waals surface area contributed by atoms with Gasteiger partial charge in [0.2, 0.25) is 0 Å². The Labute approximate surface area is 151 Å². The van der Waals surface area contributed by atoms with Crippen LogP contribution in [0.3, 0.4) is 0 Å². The topological polar surface area (TPSA) is 97.6 Å². The first-order valence-corrected chi connectivity index (χ1v) is 8.66.